The van der Waals surface area contributed by atoms with Crippen LogP contribution in [0, 0.1) is 25.7 Å². The number of carbonyl (C=O) groups excluding carboxylic acids is 1. The van der Waals surface area contributed by atoms with E-state index >= 15 is 0 Å². The number of hydrogen-bond acceptors (Lipinski definition) is 4. The first-order valence-corrected chi connectivity index (χ1v) is 16.7. The third-order valence-corrected chi connectivity index (χ3v) is 11.0. The number of sulfonamides is 1. The number of aryl methyl sites for hydroxylation is 1. The van der Waals surface area contributed by atoms with Crippen LogP contribution in [-0.2, 0) is 17.1 Å². The number of para-hydroxylation sites is 1. The van der Waals surface area contributed by atoms with E-state index in [4.69, 9.17) is 11.6 Å². The van der Waals surface area contributed by atoms with E-state index in [-0.39, 0.29) is 33.1 Å². The van der Waals surface area contributed by atoms with Gasteiger partial charge in [0, 0.05) is 14.1 Å². The first-order chi connectivity index (χ1) is 20.9. The molecule has 1 aliphatic carbocycles. The molecule has 44 heavy (non-hydrogen) atoms. The molecule has 1 heterocycles. The summed E-state index contributed by atoms with van der Waals surface area (Å²) in [6, 6.07) is 20.9. The maximum absolute atomic E-state index is 13.9. The normalized spacial score (nSPS) is 17.7. The molecule has 1 aliphatic rings. The molecular formula is C34H39ClN4O4S. The highest BCUT2D eigenvalue weighted by atomic mass is 35.5. The van der Waals surface area contributed by atoms with Crippen LogP contribution < -0.4 is 15.2 Å². The van der Waals surface area contributed by atoms with Gasteiger partial charge >= 0.3 is 0 Å². The van der Waals surface area contributed by atoms with Gasteiger partial charge < -0.3 is 5.32 Å². The Kier molecular flexibility index (Phi) is 9.09. The fourth-order valence-corrected chi connectivity index (χ4v) is 7.90. The van der Waals surface area contributed by atoms with E-state index in [9.17, 15) is 18.0 Å². The van der Waals surface area contributed by atoms with E-state index in [1.54, 1.807) is 30.8 Å². The summed E-state index contributed by atoms with van der Waals surface area (Å²) >= 11 is 6.52. The second-order valence-electron chi connectivity index (χ2n) is 11.9. The SMILES string of the molecule is Cc1ccccc1C(NC(=O)c1cc(S(=O)(=O)N(C)c2c(C)n(C)n(-c3ccccc3)c2=O)ccc1Cl)C1CCCC(C)C1. The topological polar surface area (TPSA) is 93.4 Å². The zero-order valence-corrected chi connectivity index (χ0v) is 27.3. The summed E-state index contributed by atoms with van der Waals surface area (Å²) in [4.78, 5) is 27.3. The van der Waals surface area contributed by atoms with Crippen molar-refractivity contribution in [3.63, 3.8) is 0 Å². The van der Waals surface area contributed by atoms with Crippen LogP contribution in [0.15, 0.2) is 82.5 Å². The third kappa shape index (κ3) is 5.95. The van der Waals surface area contributed by atoms with Crippen molar-refractivity contribution in [1.82, 2.24) is 14.7 Å². The van der Waals surface area contributed by atoms with Crippen molar-refractivity contribution in [2.24, 2.45) is 18.9 Å². The Morgan fingerprint density at radius 1 is 1.02 bits per heavy atom. The number of amides is 1. The van der Waals surface area contributed by atoms with Crippen LogP contribution in [0.25, 0.3) is 5.69 Å². The summed E-state index contributed by atoms with van der Waals surface area (Å²) in [6.07, 6.45) is 4.24. The van der Waals surface area contributed by atoms with Gasteiger partial charge in [-0.2, -0.15) is 0 Å². The molecule has 10 heteroatoms. The Morgan fingerprint density at radius 2 is 1.70 bits per heavy atom. The molecule has 0 saturated heterocycles. The molecule has 4 aromatic rings. The van der Waals surface area contributed by atoms with E-state index in [2.05, 4.69) is 12.2 Å². The molecule has 3 unspecified atom stereocenters. The minimum atomic E-state index is -4.24. The van der Waals surface area contributed by atoms with Crippen molar-refractivity contribution in [2.45, 2.75) is 57.4 Å². The highest BCUT2D eigenvalue weighted by Gasteiger charge is 2.32. The number of nitrogens with zero attached hydrogens (tertiary/aromatic N) is 3. The van der Waals surface area contributed by atoms with Gasteiger partial charge in [0.1, 0.15) is 5.69 Å². The average Bonchev–Trinajstić information content (AvgIpc) is 3.23. The summed E-state index contributed by atoms with van der Waals surface area (Å²) in [7, 11) is -1.19. The summed E-state index contributed by atoms with van der Waals surface area (Å²) in [6.45, 7) is 5.97. The van der Waals surface area contributed by atoms with E-state index in [0.717, 1.165) is 34.7 Å². The van der Waals surface area contributed by atoms with E-state index in [0.29, 0.717) is 17.3 Å². The second kappa shape index (κ2) is 12.7. The highest BCUT2D eigenvalue weighted by Crippen LogP contribution is 2.38. The van der Waals surface area contributed by atoms with Gasteiger partial charge in [-0.3, -0.25) is 18.6 Å². The van der Waals surface area contributed by atoms with Crippen molar-refractivity contribution in [3.05, 3.63) is 111 Å². The number of anilines is 1. The molecular weight excluding hydrogens is 596 g/mol. The predicted octanol–water partition coefficient (Wildman–Crippen LogP) is 6.57. The zero-order valence-electron chi connectivity index (χ0n) is 25.7. The summed E-state index contributed by atoms with van der Waals surface area (Å²) in [5.74, 6) is 0.356. The van der Waals surface area contributed by atoms with Crippen LogP contribution in [0.1, 0.15) is 65.8 Å². The number of halogens is 1. The van der Waals surface area contributed by atoms with E-state index in [1.807, 2.05) is 49.4 Å². The third-order valence-electron chi connectivity index (χ3n) is 8.94. The van der Waals surface area contributed by atoms with Gasteiger partial charge in [-0.1, -0.05) is 73.8 Å². The second-order valence-corrected chi connectivity index (χ2v) is 14.2. The summed E-state index contributed by atoms with van der Waals surface area (Å²) in [5.41, 5.74) is 2.82. The number of benzene rings is 3. The molecule has 5 rings (SSSR count). The molecule has 0 radical (unpaired) electrons. The lowest BCUT2D eigenvalue weighted by molar-refractivity contribution is 0.0905. The monoisotopic (exact) mass is 634 g/mol. The van der Waals surface area contributed by atoms with Crippen LogP contribution in [0.2, 0.25) is 5.02 Å². The number of rotatable bonds is 8. The number of nitrogens with one attached hydrogen (secondary N) is 1. The van der Waals surface area contributed by atoms with Crippen molar-refractivity contribution in [1.29, 1.82) is 0 Å². The fraction of sp³-hybridized carbons (Fsp3) is 0.353. The minimum absolute atomic E-state index is 0.0170. The first kappa shape index (κ1) is 31.6. The van der Waals surface area contributed by atoms with Crippen molar-refractivity contribution in [2.75, 3.05) is 11.4 Å². The highest BCUT2D eigenvalue weighted by molar-refractivity contribution is 7.92. The van der Waals surface area contributed by atoms with E-state index in [1.165, 1.54) is 36.3 Å². The molecule has 3 aromatic carbocycles. The molecule has 1 N–H and O–H groups in total. The quantitative estimate of drug-likeness (QED) is 0.237. The first-order valence-electron chi connectivity index (χ1n) is 14.9. The fourth-order valence-electron chi connectivity index (χ4n) is 6.42. The summed E-state index contributed by atoms with van der Waals surface area (Å²) < 4.78 is 31.9. The maximum Gasteiger partial charge on any atom is 0.296 e. The number of hydrogen-bond donors (Lipinski definition) is 1. The van der Waals surface area contributed by atoms with Crippen LogP contribution in [0.4, 0.5) is 5.69 Å². The molecule has 232 valence electrons. The standard InChI is InChI=1S/C34H39ClN4O4S/c1-22-12-11-14-25(20-22)31(28-17-10-9-13-23(28)2)36-33(40)29-21-27(18-19-30(29)35)44(42,43)38(5)32-24(3)37(4)39(34(32)41)26-15-7-6-8-16-26/h6-10,13,15-19,21-22,25,31H,11-12,14,20H2,1-5H3,(H,36,40). The van der Waals surface area contributed by atoms with Crippen LogP contribution >= 0.6 is 11.6 Å². The predicted molar refractivity (Wildman–Crippen MR) is 175 cm³/mol. The molecule has 1 saturated carbocycles. The smallest absolute Gasteiger partial charge is 0.296 e. The van der Waals surface area contributed by atoms with Gasteiger partial charge in [-0.05, 0) is 80.0 Å². The largest absolute Gasteiger partial charge is 0.345 e. The van der Waals surface area contributed by atoms with Crippen molar-refractivity contribution in [3.8, 4) is 5.69 Å². The van der Waals surface area contributed by atoms with Crippen molar-refractivity contribution < 1.29 is 13.2 Å². The van der Waals surface area contributed by atoms with Crippen molar-refractivity contribution >= 4 is 33.2 Å². The Balaban J connectivity index is 1.49. The Labute approximate surface area is 264 Å². The van der Waals surface area contributed by atoms with Gasteiger partial charge in [0.2, 0.25) is 0 Å². The Morgan fingerprint density at radius 3 is 2.39 bits per heavy atom. The molecule has 0 bridgehead atoms. The Bertz CT molecular complexity index is 1850. The minimum Gasteiger partial charge on any atom is -0.345 e. The van der Waals surface area contributed by atoms with Crippen LogP contribution in [-0.4, -0.2) is 30.7 Å². The average molecular weight is 635 g/mol. The summed E-state index contributed by atoms with van der Waals surface area (Å²) in [5, 5.41) is 3.37. The molecule has 3 atom stereocenters. The molecule has 0 spiro atoms. The van der Waals surface area contributed by atoms with Gasteiger partial charge in [0.15, 0.2) is 0 Å². The maximum atomic E-state index is 13.9. The lowest BCUT2D eigenvalue weighted by atomic mass is 9.76. The number of aromatic nitrogens is 2. The van der Waals surface area contributed by atoms with Gasteiger partial charge in [-0.25, -0.2) is 13.1 Å². The molecule has 0 aliphatic heterocycles. The molecule has 1 aromatic heterocycles. The van der Waals surface area contributed by atoms with Gasteiger partial charge in [0.05, 0.1) is 32.9 Å². The lowest BCUT2D eigenvalue weighted by Gasteiger charge is -2.35. The van der Waals surface area contributed by atoms with Crippen LogP contribution in [0.3, 0.4) is 0 Å². The molecule has 8 nitrogen and oxygen atoms in total. The van der Waals surface area contributed by atoms with Crippen LogP contribution in [0.5, 0.6) is 0 Å². The molecule has 1 amide bonds. The van der Waals surface area contributed by atoms with Gasteiger partial charge in [0.25, 0.3) is 21.5 Å². The van der Waals surface area contributed by atoms with E-state index < -0.39 is 21.5 Å². The molecule has 1 fully saturated rings. The zero-order chi connectivity index (χ0) is 31.8. The van der Waals surface area contributed by atoms with Gasteiger partial charge in [-0.15, -0.1) is 0 Å². The lowest BCUT2D eigenvalue weighted by Crippen LogP contribution is -2.36. The Hall–Kier alpha value is -3.82. The number of carbonyl (C=O) groups is 1.